The number of phenolic OH excluding ortho intramolecular Hbond substituents is 1. The van der Waals surface area contributed by atoms with Crippen molar-refractivity contribution >= 4 is 11.8 Å². The highest BCUT2D eigenvalue weighted by atomic mass is 16.5. The minimum atomic E-state index is -0.350. The van der Waals surface area contributed by atoms with E-state index in [0.29, 0.717) is 43.3 Å². The minimum Gasteiger partial charge on any atom is -0.507 e. The van der Waals surface area contributed by atoms with Crippen LogP contribution in [0.15, 0.2) is 30.3 Å². The first kappa shape index (κ1) is 16.6. The van der Waals surface area contributed by atoms with Gasteiger partial charge in [0.25, 0.3) is 5.91 Å². The van der Waals surface area contributed by atoms with Gasteiger partial charge in [0.1, 0.15) is 11.4 Å². The van der Waals surface area contributed by atoms with Crippen LogP contribution in [0.1, 0.15) is 10.5 Å². The van der Waals surface area contributed by atoms with E-state index in [1.54, 1.807) is 47.2 Å². The zero-order valence-electron chi connectivity index (χ0n) is 14.4. The molecular weight excluding hydrogens is 336 g/mol. The highest BCUT2D eigenvalue weighted by Crippen LogP contribution is 2.28. The standard InChI is InChI=1S/C18H20N4O4/c1-21-12-8-22(7-11(17(21)24)9-26-10-12)18(25)15-6-14(19-20-15)13-4-2-3-5-16(13)23/h2-6,11-12,23H,7-10H2,1H3,(H,19,20)/t11-,12+/m1/s1. The highest BCUT2D eigenvalue weighted by molar-refractivity contribution is 5.94. The van der Waals surface area contributed by atoms with E-state index < -0.39 is 0 Å². The molecule has 136 valence electrons. The van der Waals surface area contributed by atoms with Crippen molar-refractivity contribution in [1.82, 2.24) is 20.0 Å². The lowest BCUT2D eigenvalue weighted by Gasteiger charge is -2.29. The Bertz CT molecular complexity index is 849. The molecule has 8 nitrogen and oxygen atoms in total. The van der Waals surface area contributed by atoms with Crippen molar-refractivity contribution in [3.63, 3.8) is 0 Å². The Kier molecular flexibility index (Phi) is 4.12. The second-order valence-corrected chi connectivity index (χ2v) is 6.73. The fourth-order valence-corrected chi connectivity index (χ4v) is 3.49. The largest absolute Gasteiger partial charge is 0.507 e. The number of aromatic nitrogens is 2. The SMILES string of the molecule is CN1C(=O)[C@H]2COC[C@@H]1CN(C(=O)c1cc(-c3ccccc3O)n[nH]1)C2. The van der Waals surface area contributed by atoms with Crippen molar-refractivity contribution in [3.8, 4) is 17.0 Å². The zero-order chi connectivity index (χ0) is 18.3. The molecule has 0 saturated carbocycles. The molecule has 2 aliphatic rings. The van der Waals surface area contributed by atoms with Gasteiger partial charge >= 0.3 is 0 Å². The molecule has 0 spiro atoms. The van der Waals surface area contributed by atoms with Crippen LogP contribution in [0.2, 0.25) is 0 Å². The fourth-order valence-electron chi connectivity index (χ4n) is 3.49. The summed E-state index contributed by atoms with van der Waals surface area (Å²) in [4.78, 5) is 28.7. The normalized spacial score (nSPS) is 23.0. The van der Waals surface area contributed by atoms with Crippen LogP contribution in [0.3, 0.4) is 0 Å². The van der Waals surface area contributed by atoms with Crippen molar-refractivity contribution in [2.75, 3.05) is 33.4 Å². The van der Waals surface area contributed by atoms with E-state index >= 15 is 0 Å². The van der Waals surface area contributed by atoms with Crippen molar-refractivity contribution in [1.29, 1.82) is 0 Å². The lowest BCUT2D eigenvalue weighted by Crippen LogP contribution is -2.45. The first-order chi connectivity index (χ1) is 12.5. The lowest BCUT2D eigenvalue weighted by atomic mass is 10.1. The van der Waals surface area contributed by atoms with Gasteiger partial charge in [-0.25, -0.2) is 0 Å². The number of hydrogen-bond donors (Lipinski definition) is 2. The number of carbonyl (C=O) groups excluding carboxylic acids is 2. The number of carbonyl (C=O) groups is 2. The molecule has 4 rings (SSSR count). The van der Waals surface area contributed by atoms with Gasteiger partial charge in [-0.1, -0.05) is 12.1 Å². The molecule has 0 unspecified atom stereocenters. The number of benzene rings is 1. The van der Waals surface area contributed by atoms with Gasteiger partial charge in [0, 0.05) is 25.7 Å². The summed E-state index contributed by atoms with van der Waals surface area (Å²) in [5.41, 5.74) is 1.39. The molecule has 0 radical (unpaired) electrons. The van der Waals surface area contributed by atoms with Gasteiger partial charge in [-0.15, -0.1) is 0 Å². The summed E-state index contributed by atoms with van der Waals surface area (Å²) in [6.45, 7) is 1.50. The molecule has 2 amide bonds. The number of fused-ring (bicyclic) bond motifs is 3. The van der Waals surface area contributed by atoms with E-state index in [9.17, 15) is 14.7 Å². The number of phenols is 1. The van der Waals surface area contributed by atoms with Gasteiger partial charge in [0.2, 0.25) is 5.91 Å². The van der Waals surface area contributed by atoms with Crippen molar-refractivity contribution in [2.45, 2.75) is 6.04 Å². The Balaban J connectivity index is 1.59. The predicted octanol–water partition coefficient (Wildman–Crippen LogP) is 0.711. The lowest BCUT2D eigenvalue weighted by molar-refractivity contribution is -0.133. The molecule has 3 heterocycles. The molecule has 2 N–H and O–H groups in total. The average Bonchev–Trinajstić information content (AvgIpc) is 3.02. The number of likely N-dealkylation sites (N-methyl/N-ethyl adjacent to an activating group) is 1. The summed E-state index contributed by atoms with van der Waals surface area (Å²) in [5, 5.41) is 16.9. The Labute approximate surface area is 150 Å². The van der Waals surface area contributed by atoms with E-state index in [4.69, 9.17) is 4.74 Å². The highest BCUT2D eigenvalue weighted by Gasteiger charge is 2.39. The molecular formula is C18H20N4O4. The molecule has 2 bridgehead atoms. The summed E-state index contributed by atoms with van der Waals surface area (Å²) in [6.07, 6.45) is 0. The molecule has 26 heavy (non-hydrogen) atoms. The number of ether oxygens (including phenoxy) is 1. The molecule has 2 atom stereocenters. The second kappa shape index (κ2) is 6.45. The molecule has 1 aromatic heterocycles. The van der Waals surface area contributed by atoms with Crippen LogP contribution in [-0.4, -0.2) is 76.3 Å². The molecule has 0 aliphatic carbocycles. The van der Waals surface area contributed by atoms with Gasteiger partial charge in [-0.3, -0.25) is 14.7 Å². The van der Waals surface area contributed by atoms with Crippen LogP contribution in [0.5, 0.6) is 5.75 Å². The van der Waals surface area contributed by atoms with Crippen LogP contribution in [0.25, 0.3) is 11.3 Å². The van der Waals surface area contributed by atoms with Crippen molar-refractivity contribution in [2.24, 2.45) is 5.92 Å². The Morgan fingerprint density at radius 1 is 1.31 bits per heavy atom. The Hall–Kier alpha value is -2.87. The number of rotatable bonds is 2. The molecule has 2 saturated heterocycles. The fraction of sp³-hybridized carbons (Fsp3) is 0.389. The maximum Gasteiger partial charge on any atom is 0.271 e. The number of amides is 2. The number of nitrogens with zero attached hydrogens (tertiary/aromatic N) is 3. The number of hydrogen-bond acceptors (Lipinski definition) is 5. The first-order valence-electron chi connectivity index (χ1n) is 8.52. The zero-order valence-corrected chi connectivity index (χ0v) is 14.4. The third kappa shape index (κ3) is 2.82. The van der Waals surface area contributed by atoms with Crippen molar-refractivity contribution < 1.29 is 19.4 Å². The molecule has 2 aliphatic heterocycles. The van der Waals surface area contributed by atoms with Crippen LogP contribution in [0, 0.1) is 5.92 Å². The third-order valence-corrected chi connectivity index (χ3v) is 5.02. The van der Waals surface area contributed by atoms with Gasteiger partial charge in [-0.05, 0) is 18.2 Å². The molecule has 2 aromatic rings. The quantitative estimate of drug-likeness (QED) is 0.826. The number of aromatic amines is 1. The molecule has 8 heteroatoms. The summed E-state index contributed by atoms with van der Waals surface area (Å²) in [7, 11) is 1.76. The van der Waals surface area contributed by atoms with Crippen LogP contribution < -0.4 is 0 Å². The van der Waals surface area contributed by atoms with Gasteiger partial charge < -0.3 is 19.6 Å². The van der Waals surface area contributed by atoms with Gasteiger partial charge in [0.05, 0.1) is 30.9 Å². The maximum atomic E-state index is 12.9. The average molecular weight is 356 g/mol. The van der Waals surface area contributed by atoms with Gasteiger partial charge in [0.15, 0.2) is 0 Å². The van der Waals surface area contributed by atoms with E-state index in [2.05, 4.69) is 10.2 Å². The third-order valence-electron chi connectivity index (χ3n) is 5.02. The number of para-hydroxylation sites is 1. The van der Waals surface area contributed by atoms with E-state index in [0.717, 1.165) is 0 Å². The summed E-state index contributed by atoms with van der Waals surface area (Å²) < 4.78 is 5.56. The van der Waals surface area contributed by atoms with Crippen LogP contribution in [-0.2, 0) is 9.53 Å². The number of H-pyrrole nitrogens is 1. The summed E-state index contributed by atoms with van der Waals surface area (Å²) >= 11 is 0. The van der Waals surface area contributed by atoms with E-state index in [-0.39, 0.29) is 29.5 Å². The van der Waals surface area contributed by atoms with Gasteiger partial charge in [-0.2, -0.15) is 5.10 Å². The van der Waals surface area contributed by atoms with E-state index in [1.165, 1.54) is 0 Å². The Morgan fingerprint density at radius 2 is 2.12 bits per heavy atom. The monoisotopic (exact) mass is 356 g/mol. The van der Waals surface area contributed by atoms with E-state index in [1.807, 2.05) is 0 Å². The first-order valence-corrected chi connectivity index (χ1v) is 8.52. The topological polar surface area (TPSA) is 98.8 Å². The maximum absolute atomic E-state index is 12.9. The summed E-state index contributed by atoms with van der Waals surface area (Å²) in [5.74, 6) is -0.440. The number of nitrogens with one attached hydrogen (secondary N) is 1. The number of aromatic hydroxyl groups is 1. The van der Waals surface area contributed by atoms with Crippen LogP contribution in [0.4, 0.5) is 0 Å². The predicted molar refractivity (Wildman–Crippen MR) is 92.5 cm³/mol. The second-order valence-electron chi connectivity index (χ2n) is 6.73. The smallest absolute Gasteiger partial charge is 0.271 e. The molecule has 2 fully saturated rings. The van der Waals surface area contributed by atoms with Crippen LogP contribution >= 0.6 is 0 Å². The van der Waals surface area contributed by atoms with Crippen molar-refractivity contribution in [3.05, 3.63) is 36.0 Å². The Morgan fingerprint density at radius 3 is 2.92 bits per heavy atom. The molecule has 1 aromatic carbocycles. The summed E-state index contributed by atoms with van der Waals surface area (Å²) in [6, 6.07) is 8.30. The minimum absolute atomic E-state index is 0.0160.